The van der Waals surface area contributed by atoms with E-state index in [-0.39, 0.29) is 5.41 Å². The Morgan fingerprint density at radius 2 is 0.545 bits per heavy atom. The Morgan fingerprint density at radius 3 is 0.764 bits per heavy atom. The van der Waals surface area contributed by atoms with Crippen LogP contribution in [0, 0.1) is 55.4 Å². The third-order valence-corrected chi connectivity index (χ3v) is 12.0. The standard InChI is InChI=1S/C54H54S/c1-32-16-12-17-33(2)49(32)42-24-40(25-43(28-42)50-34(3)18-13-19-35(50)4)47-30-46(54(9,10)11)31-48(53(47)55)41-26-44(51-36(5)20-14-21-37(51)6)29-45(27-41)52-38(7)22-15-23-39(52)8/h12-31,55H,1-11H3. The first kappa shape index (κ1) is 38.2. The number of hydrogen-bond acceptors (Lipinski definition) is 1. The predicted octanol–water partition coefficient (Wildman–Crippen LogP) is 15.7. The summed E-state index contributed by atoms with van der Waals surface area (Å²) in [5.41, 5.74) is 26.2. The molecule has 0 unspecified atom stereocenters. The second-order valence-corrected chi connectivity index (χ2v) is 17.3. The zero-order valence-electron chi connectivity index (χ0n) is 34.5. The summed E-state index contributed by atoms with van der Waals surface area (Å²) < 4.78 is 0. The molecule has 276 valence electrons. The van der Waals surface area contributed by atoms with Gasteiger partial charge in [-0.25, -0.2) is 0 Å². The van der Waals surface area contributed by atoms with Crippen molar-refractivity contribution in [2.45, 2.75) is 86.5 Å². The number of hydrogen-bond donors (Lipinski definition) is 1. The monoisotopic (exact) mass is 734 g/mol. The van der Waals surface area contributed by atoms with Crippen LogP contribution in [-0.2, 0) is 5.41 Å². The van der Waals surface area contributed by atoms with Gasteiger partial charge in [0.2, 0.25) is 0 Å². The van der Waals surface area contributed by atoms with Crippen LogP contribution in [-0.4, -0.2) is 0 Å². The molecule has 0 aliphatic carbocycles. The van der Waals surface area contributed by atoms with E-state index in [9.17, 15) is 0 Å². The van der Waals surface area contributed by atoms with Crippen LogP contribution in [0.25, 0.3) is 66.8 Å². The molecule has 0 aliphatic heterocycles. The quantitative estimate of drug-likeness (QED) is 0.162. The van der Waals surface area contributed by atoms with E-state index in [4.69, 9.17) is 12.6 Å². The van der Waals surface area contributed by atoms with Crippen molar-refractivity contribution in [1.82, 2.24) is 0 Å². The van der Waals surface area contributed by atoms with Gasteiger partial charge in [-0.2, -0.15) is 0 Å². The molecule has 55 heavy (non-hydrogen) atoms. The van der Waals surface area contributed by atoms with Crippen molar-refractivity contribution in [3.8, 4) is 66.8 Å². The summed E-state index contributed by atoms with van der Waals surface area (Å²) in [5, 5.41) is 0. The van der Waals surface area contributed by atoms with Crippen molar-refractivity contribution >= 4 is 12.6 Å². The van der Waals surface area contributed by atoms with Gasteiger partial charge in [-0.3, -0.25) is 0 Å². The summed E-state index contributed by atoms with van der Waals surface area (Å²) in [4.78, 5) is 0.991. The summed E-state index contributed by atoms with van der Waals surface area (Å²) in [5.74, 6) is 0. The van der Waals surface area contributed by atoms with Gasteiger partial charge in [0.25, 0.3) is 0 Å². The lowest BCUT2D eigenvalue weighted by Gasteiger charge is -2.25. The van der Waals surface area contributed by atoms with Gasteiger partial charge in [0, 0.05) is 4.90 Å². The third-order valence-electron chi connectivity index (χ3n) is 11.5. The van der Waals surface area contributed by atoms with Crippen LogP contribution < -0.4 is 0 Å². The van der Waals surface area contributed by atoms with E-state index in [1.807, 2.05) is 0 Å². The molecule has 0 atom stereocenters. The number of benzene rings is 7. The number of thiol groups is 1. The summed E-state index contributed by atoms with van der Waals surface area (Å²) in [6, 6.07) is 45.6. The Kier molecular flexibility index (Phi) is 10.3. The van der Waals surface area contributed by atoms with Crippen molar-refractivity contribution < 1.29 is 0 Å². The van der Waals surface area contributed by atoms with E-state index in [0.29, 0.717) is 0 Å². The lowest BCUT2D eigenvalue weighted by molar-refractivity contribution is 0.590. The lowest BCUT2D eigenvalue weighted by Crippen LogP contribution is -2.11. The predicted molar refractivity (Wildman–Crippen MR) is 243 cm³/mol. The van der Waals surface area contributed by atoms with Gasteiger partial charge in [-0.1, -0.05) is 93.6 Å². The summed E-state index contributed by atoms with van der Waals surface area (Å²) in [6.45, 7) is 24.8. The molecule has 1 heteroatoms. The van der Waals surface area contributed by atoms with Gasteiger partial charge in [-0.15, -0.1) is 12.6 Å². The minimum absolute atomic E-state index is 0.0930. The van der Waals surface area contributed by atoms with E-state index in [2.05, 4.69) is 197 Å². The number of aryl methyl sites for hydroxylation is 8. The summed E-state index contributed by atoms with van der Waals surface area (Å²) in [7, 11) is 0. The van der Waals surface area contributed by atoms with Crippen molar-refractivity contribution in [2.24, 2.45) is 0 Å². The topological polar surface area (TPSA) is 0 Å². The first-order chi connectivity index (χ1) is 26.1. The van der Waals surface area contributed by atoms with Crippen LogP contribution in [0.4, 0.5) is 0 Å². The third kappa shape index (κ3) is 7.36. The van der Waals surface area contributed by atoms with Gasteiger partial charge in [0.05, 0.1) is 0 Å². The normalized spacial score (nSPS) is 11.6. The van der Waals surface area contributed by atoms with E-state index in [1.165, 1.54) is 106 Å². The average Bonchev–Trinajstić information content (AvgIpc) is 3.11. The highest BCUT2D eigenvalue weighted by Crippen LogP contribution is 2.45. The van der Waals surface area contributed by atoms with Gasteiger partial charge in [0.15, 0.2) is 0 Å². The minimum atomic E-state index is -0.0930. The van der Waals surface area contributed by atoms with Gasteiger partial charge >= 0.3 is 0 Å². The maximum atomic E-state index is 5.53. The molecule has 7 aromatic rings. The van der Waals surface area contributed by atoms with Crippen molar-refractivity contribution in [3.63, 3.8) is 0 Å². The van der Waals surface area contributed by atoms with Gasteiger partial charge < -0.3 is 0 Å². The molecule has 7 aromatic carbocycles. The summed E-state index contributed by atoms with van der Waals surface area (Å²) in [6.07, 6.45) is 0. The molecule has 0 amide bonds. The highest BCUT2D eigenvalue weighted by Gasteiger charge is 2.23. The zero-order valence-corrected chi connectivity index (χ0v) is 35.4. The first-order valence-corrected chi connectivity index (χ1v) is 20.0. The molecule has 0 bridgehead atoms. The molecular formula is C54H54S. The fourth-order valence-electron chi connectivity index (χ4n) is 8.73. The number of rotatable bonds is 6. The van der Waals surface area contributed by atoms with Crippen LogP contribution in [0.2, 0.25) is 0 Å². The summed E-state index contributed by atoms with van der Waals surface area (Å²) >= 11 is 5.53. The smallest absolute Gasteiger partial charge is 0.0198 e. The molecule has 0 heterocycles. The van der Waals surface area contributed by atoms with E-state index >= 15 is 0 Å². The Labute approximate surface area is 335 Å². The molecule has 0 radical (unpaired) electrons. The molecule has 0 aliphatic rings. The second kappa shape index (κ2) is 14.9. The van der Waals surface area contributed by atoms with Crippen LogP contribution in [0.5, 0.6) is 0 Å². The Balaban J connectivity index is 1.57. The second-order valence-electron chi connectivity index (χ2n) is 16.8. The molecule has 0 saturated heterocycles. The average molecular weight is 735 g/mol. The lowest BCUT2D eigenvalue weighted by atomic mass is 9.81. The molecular weight excluding hydrogens is 681 g/mol. The molecule has 0 saturated carbocycles. The Hall–Kier alpha value is -5.11. The van der Waals surface area contributed by atoms with Crippen LogP contribution >= 0.6 is 12.6 Å². The van der Waals surface area contributed by atoms with Crippen molar-refractivity contribution in [3.05, 3.63) is 171 Å². The fraction of sp³-hybridized carbons (Fsp3) is 0.222. The highest BCUT2D eigenvalue weighted by atomic mass is 32.1. The minimum Gasteiger partial charge on any atom is -0.142 e. The fourth-order valence-corrected chi connectivity index (χ4v) is 9.12. The van der Waals surface area contributed by atoms with Crippen LogP contribution in [0.15, 0.2) is 126 Å². The molecule has 0 nitrogen and oxygen atoms in total. The van der Waals surface area contributed by atoms with Crippen LogP contribution in [0.3, 0.4) is 0 Å². The van der Waals surface area contributed by atoms with Crippen molar-refractivity contribution in [1.29, 1.82) is 0 Å². The molecule has 7 rings (SSSR count). The van der Waals surface area contributed by atoms with E-state index < -0.39 is 0 Å². The SMILES string of the molecule is Cc1cccc(C)c1-c1cc(-c2cc(C(C)(C)C)cc(-c3cc(-c4c(C)cccc4C)cc(-c4c(C)cccc4C)c3)c2S)cc(-c2c(C)cccc2C)c1. The molecule has 0 N–H and O–H groups in total. The Morgan fingerprint density at radius 1 is 0.327 bits per heavy atom. The van der Waals surface area contributed by atoms with Gasteiger partial charge in [0.1, 0.15) is 0 Å². The highest BCUT2D eigenvalue weighted by molar-refractivity contribution is 7.80. The zero-order chi connectivity index (χ0) is 39.3. The molecule has 0 fully saturated rings. The van der Waals surface area contributed by atoms with Gasteiger partial charge in [-0.05, 0) is 226 Å². The molecule has 0 spiro atoms. The first-order valence-electron chi connectivity index (χ1n) is 19.6. The van der Waals surface area contributed by atoms with E-state index in [1.54, 1.807) is 0 Å². The van der Waals surface area contributed by atoms with Crippen molar-refractivity contribution in [2.75, 3.05) is 0 Å². The Bertz CT molecular complexity index is 2220. The maximum Gasteiger partial charge on any atom is 0.0198 e. The molecule has 0 aromatic heterocycles. The maximum absolute atomic E-state index is 5.53. The van der Waals surface area contributed by atoms with Crippen LogP contribution in [0.1, 0.15) is 70.8 Å². The largest absolute Gasteiger partial charge is 0.142 e. The van der Waals surface area contributed by atoms with E-state index in [0.717, 1.165) is 16.0 Å².